The molecule has 5 nitrogen and oxygen atoms in total. The van der Waals surface area contributed by atoms with Crippen molar-refractivity contribution >= 4 is 23.7 Å². The Labute approximate surface area is 143 Å². The van der Waals surface area contributed by atoms with Gasteiger partial charge in [0.2, 0.25) is 5.91 Å². The van der Waals surface area contributed by atoms with Gasteiger partial charge in [-0.2, -0.15) is 5.10 Å². The third-order valence-electron chi connectivity index (χ3n) is 3.79. The average molecular weight is 328 g/mol. The maximum Gasteiger partial charge on any atom is 0.327 e. The number of benzene rings is 1. The highest BCUT2D eigenvalue weighted by molar-refractivity contribution is 6.02. The zero-order valence-corrected chi connectivity index (χ0v) is 14.5. The van der Waals surface area contributed by atoms with E-state index in [0.717, 1.165) is 11.3 Å². The van der Waals surface area contributed by atoms with Gasteiger partial charge in [0.1, 0.15) is 6.54 Å². The van der Waals surface area contributed by atoms with E-state index in [4.69, 9.17) is 4.74 Å². The highest BCUT2D eigenvalue weighted by Gasteiger charge is 2.22. The summed E-state index contributed by atoms with van der Waals surface area (Å²) in [6.07, 6.45) is 4.81. The van der Waals surface area contributed by atoms with E-state index in [2.05, 4.69) is 43.2 Å². The van der Waals surface area contributed by atoms with Crippen LogP contribution in [-0.2, 0) is 14.3 Å². The lowest BCUT2D eigenvalue weighted by atomic mass is 10.0. The van der Waals surface area contributed by atoms with E-state index in [1.165, 1.54) is 10.6 Å². The summed E-state index contributed by atoms with van der Waals surface area (Å²) in [6.45, 7) is 6.22. The molecule has 0 atom stereocenters. The molecule has 2 rings (SSSR count). The molecule has 0 bridgehead atoms. The summed E-state index contributed by atoms with van der Waals surface area (Å²) in [5.74, 6) is -0.0845. The molecule has 1 aromatic rings. The van der Waals surface area contributed by atoms with Crippen LogP contribution in [0.2, 0.25) is 0 Å². The summed E-state index contributed by atoms with van der Waals surface area (Å²) in [5.41, 5.74) is 3.16. The van der Waals surface area contributed by atoms with Crippen LogP contribution in [0.3, 0.4) is 0 Å². The Hall–Kier alpha value is -2.43. The standard InChI is InChI=1S/C19H24N2O3/c1-4-24-19(23)13-21-18(22)12-11-17(20-21)10-7-15-5-8-16(9-6-15)14(2)3/h5-10,14H,4,11-13H2,1-3H3/b10-7+. The number of ether oxygens (including phenoxy) is 1. The summed E-state index contributed by atoms with van der Waals surface area (Å²) in [7, 11) is 0. The minimum atomic E-state index is -0.441. The van der Waals surface area contributed by atoms with Gasteiger partial charge < -0.3 is 4.74 Å². The lowest BCUT2D eigenvalue weighted by Crippen LogP contribution is -2.36. The van der Waals surface area contributed by atoms with Crippen molar-refractivity contribution in [1.29, 1.82) is 0 Å². The van der Waals surface area contributed by atoms with Crippen molar-refractivity contribution in [2.75, 3.05) is 13.2 Å². The Balaban J connectivity index is 2.04. The molecule has 1 aliphatic heterocycles. The molecule has 1 heterocycles. The van der Waals surface area contributed by atoms with E-state index in [0.29, 0.717) is 25.4 Å². The lowest BCUT2D eigenvalue weighted by Gasteiger charge is -2.21. The lowest BCUT2D eigenvalue weighted by molar-refractivity contribution is -0.149. The molecule has 0 aliphatic carbocycles. The topological polar surface area (TPSA) is 59.0 Å². The van der Waals surface area contributed by atoms with Gasteiger partial charge in [-0.15, -0.1) is 0 Å². The summed E-state index contributed by atoms with van der Waals surface area (Å²) in [5, 5.41) is 5.46. The van der Waals surface area contributed by atoms with Gasteiger partial charge in [0, 0.05) is 12.8 Å². The fourth-order valence-corrected chi connectivity index (χ4v) is 2.38. The largest absolute Gasteiger partial charge is 0.465 e. The van der Waals surface area contributed by atoms with Crippen LogP contribution in [-0.4, -0.2) is 35.7 Å². The molecular weight excluding hydrogens is 304 g/mol. The Kier molecular flexibility index (Phi) is 6.29. The monoisotopic (exact) mass is 328 g/mol. The van der Waals surface area contributed by atoms with E-state index >= 15 is 0 Å². The fraction of sp³-hybridized carbons (Fsp3) is 0.421. The van der Waals surface area contributed by atoms with Crippen LogP contribution < -0.4 is 0 Å². The highest BCUT2D eigenvalue weighted by Crippen LogP contribution is 2.16. The van der Waals surface area contributed by atoms with E-state index in [9.17, 15) is 9.59 Å². The van der Waals surface area contributed by atoms with Crippen LogP contribution >= 0.6 is 0 Å². The first-order valence-corrected chi connectivity index (χ1v) is 8.31. The number of esters is 1. The molecule has 0 aromatic heterocycles. The van der Waals surface area contributed by atoms with Gasteiger partial charge in [-0.3, -0.25) is 9.59 Å². The van der Waals surface area contributed by atoms with Crippen molar-refractivity contribution in [2.24, 2.45) is 5.10 Å². The zero-order chi connectivity index (χ0) is 17.5. The second-order valence-electron chi connectivity index (χ2n) is 6.00. The maximum atomic E-state index is 11.8. The van der Waals surface area contributed by atoms with Gasteiger partial charge in [-0.25, -0.2) is 5.01 Å². The Morgan fingerprint density at radius 1 is 1.25 bits per heavy atom. The predicted octanol–water partition coefficient (Wildman–Crippen LogP) is 3.36. The van der Waals surface area contributed by atoms with Gasteiger partial charge in [0.15, 0.2) is 0 Å². The fourth-order valence-electron chi connectivity index (χ4n) is 2.38. The second-order valence-corrected chi connectivity index (χ2v) is 6.00. The molecule has 0 N–H and O–H groups in total. The van der Waals surface area contributed by atoms with Crippen LogP contribution in [0.25, 0.3) is 6.08 Å². The molecule has 0 saturated heterocycles. The Morgan fingerprint density at radius 3 is 2.58 bits per heavy atom. The summed E-state index contributed by atoms with van der Waals surface area (Å²) in [6, 6.07) is 8.36. The van der Waals surface area contributed by atoms with Crippen molar-refractivity contribution in [3.63, 3.8) is 0 Å². The van der Waals surface area contributed by atoms with Crippen LogP contribution in [0.5, 0.6) is 0 Å². The SMILES string of the molecule is CCOC(=O)CN1N=C(/C=C/c2ccc(C(C)C)cc2)CCC1=O. The third kappa shape index (κ3) is 5.05. The van der Waals surface area contributed by atoms with Gasteiger partial charge in [-0.05, 0) is 30.0 Å². The first-order valence-electron chi connectivity index (χ1n) is 8.31. The second kappa shape index (κ2) is 8.43. The van der Waals surface area contributed by atoms with Gasteiger partial charge in [-0.1, -0.05) is 44.2 Å². The number of allylic oxidation sites excluding steroid dienone is 1. The number of carbonyl (C=O) groups is 2. The summed E-state index contributed by atoms with van der Waals surface area (Å²) < 4.78 is 4.87. The molecular formula is C19H24N2O3. The van der Waals surface area contributed by atoms with Gasteiger partial charge >= 0.3 is 5.97 Å². The molecule has 1 amide bonds. The molecule has 0 saturated carbocycles. The van der Waals surface area contributed by atoms with Crippen LogP contribution in [0, 0.1) is 0 Å². The van der Waals surface area contributed by atoms with Crippen LogP contribution in [0.4, 0.5) is 0 Å². The normalized spacial score (nSPS) is 15.1. The number of hydrogen-bond acceptors (Lipinski definition) is 4. The highest BCUT2D eigenvalue weighted by atomic mass is 16.5. The molecule has 1 aromatic carbocycles. The number of carbonyl (C=O) groups excluding carboxylic acids is 2. The third-order valence-corrected chi connectivity index (χ3v) is 3.79. The van der Waals surface area contributed by atoms with Gasteiger partial charge in [0.25, 0.3) is 0 Å². The van der Waals surface area contributed by atoms with Crippen molar-refractivity contribution in [3.05, 3.63) is 41.5 Å². The minimum Gasteiger partial charge on any atom is -0.465 e. The predicted molar refractivity (Wildman–Crippen MR) is 94.6 cm³/mol. The molecule has 0 unspecified atom stereocenters. The van der Waals surface area contributed by atoms with Crippen molar-refractivity contribution in [2.45, 2.75) is 39.5 Å². The van der Waals surface area contributed by atoms with E-state index in [1.54, 1.807) is 6.92 Å². The van der Waals surface area contributed by atoms with Crippen LogP contribution in [0.15, 0.2) is 35.4 Å². The first-order chi connectivity index (χ1) is 11.5. The molecule has 5 heteroatoms. The Bertz CT molecular complexity index is 645. The number of rotatable bonds is 6. The molecule has 128 valence electrons. The van der Waals surface area contributed by atoms with Gasteiger partial charge in [0.05, 0.1) is 12.3 Å². The summed E-state index contributed by atoms with van der Waals surface area (Å²) >= 11 is 0. The van der Waals surface area contributed by atoms with E-state index < -0.39 is 5.97 Å². The molecule has 24 heavy (non-hydrogen) atoms. The molecule has 0 spiro atoms. The Morgan fingerprint density at radius 2 is 1.96 bits per heavy atom. The number of hydrazone groups is 1. The van der Waals surface area contributed by atoms with E-state index in [-0.39, 0.29) is 12.5 Å². The van der Waals surface area contributed by atoms with Crippen molar-refractivity contribution in [1.82, 2.24) is 5.01 Å². The first kappa shape index (κ1) is 17.9. The number of amides is 1. The van der Waals surface area contributed by atoms with Crippen molar-refractivity contribution < 1.29 is 14.3 Å². The van der Waals surface area contributed by atoms with E-state index in [1.807, 2.05) is 12.2 Å². The smallest absolute Gasteiger partial charge is 0.327 e. The van der Waals surface area contributed by atoms with Crippen LogP contribution in [0.1, 0.15) is 50.7 Å². The minimum absolute atomic E-state index is 0.132. The maximum absolute atomic E-state index is 11.8. The average Bonchev–Trinajstić information content (AvgIpc) is 2.56. The summed E-state index contributed by atoms with van der Waals surface area (Å²) in [4.78, 5) is 23.4. The van der Waals surface area contributed by atoms with Crippen molar-refractivity contribution in [3.8, 4) is 0 Å². The molecule has 0 fully saturated rings. The molecule has 1 aliphatic rings. The quantitative estimate of drug-likeness (QED) is 0.752. The molecule has 0 radical (unpaired) electrons. The number of nitrogens with zero attached hydrogens (tertiary/aromatic N) is 2. The number of hydrogen-bond donors (Lipinski definition) is 0. The zero-order valence-electron chi connectivity index (χ0n) is 14.5.